The average Bonchev–Trinajstić information content (AvgIpc) is 2.39. The Kier molecular flexibility index (Phi) is 9.67. The van der Waals surface area contributed by atoms with Gasteiger partial charge in [-0.15, -0.1) is 13.2 Å². The van der Waals surface area contributed by atoms with Crippen molar-refractivity contribution in [3.05, 3.63) is 72.4 Å². The first-order chi connectivity index (χ1) is 8.72. The molecule has 0 atom stereocenters. The highest BCUT2D eigenvalue weighted by atomic mass is 14.0. The van der Waals surface area contributed by atoms with Gasteiger partial charge in [0.1, 0.15) is 0 Å². The summed E-state index contributed by atoms with van der Waals surface area (Å²) in [6.07, 6.45) is 10.1. The van der Waals surface area contributed by atoms with Gasteiger partial charge in [0.2, 0.25) is 0 Å². The predicted molar refractivity (Wildman–Crippen MR) is 83.9 cm³/mol. The van der Waals surface area contributed by atoms with Crippen LogP contribution in [0.2, 0.25) is 0 Å². The highest BCUT2D eigenvalue weighted by Crippen LogP contribution is 2.07. The Balaban J connectivity index is 0.00000137. The molecule has 1 aromatic carbocycles. The van der Waals surface area contributed by atoms with Crippen molar-refractivity contribution in [2.75, 3.05) is 0 Å². The summed E-state index contributed by atoms with van der Waals surface area (Å²) in [4.78, 5) is 0. The smallest absolute Gasteiger partial charge is 0.0244 e. The Morgan fingerprint density at radius 3 is 2.33 bits per heavy atom. The highest BCUT2D eigenvalue weighted by molar-refractivity contribution is 5.22. The third-order valence-corrected chi connectivity index (χ3v) is 2.63. The third-order valence-electron chi connectivity index (χ3n) is 2.63. The molecule has 0 unspecified atom stereocenters. The molecule has 0 saturated carbocycles. The van der Waals surface area contributed by atoms with Gasteiger partial charge in [0.05, 0.1) is 0 Å². The lowest BCUT2D eigenvalue weighted by atomic mass is 10.1. The van der Waals surface area contributed by atoms with Crippen molar-refractivity contribution >= 4 is 0 Å². The molecule has 0 heteroatoms. The van der Waals surface area contributed by atoms with Gasteiger partial charge < -0.3 is 0 Å². The van der Waals surface area contributed by atoms with Crippen molar-refractivity contribution in [1.29, 1.82) is 0 Å². The van der Waals surface area contributed by atoms with Gasteiger partial charge in [-0.3, -0.25) is 0 Å². The van der Waals surface area contributed by atoms with Gasteiger partial charge in [0, 0.05) is 0 Å². The maximum atomic E-state index is 3.00. The minimum absolute atomic E-state index is 1.12. The van der Waals surface area contributed by atoms with E-state index in [1.807, 2.05) is 0 Å². The van der Waals surface area contributed by atoms with Gasteiger partial charge >= 0.3 is 0 Å². The molecule has 0 fully saturated rings. The minimum Gasteiger partial charge on any atom is -0.106 e. The number of hydrogen-bond acceptors (Lipinski definition) is 0. The molecular formula is C18H26. The molecule has 0 aromatic heterocycles. The molecule has 0 aliphatic rings. The second-order valence-electron chi connectivity index (χ2n) is 4.28. The molecular weight excluding hydrogens is 216 g/mol. The zero-order chi connectivity index (χ0) is 13.8. The van der Waals surface area contributed by atoms with E-state index in [2.05, 4.69) is 76.4 Å². The molecule has 0 N–H and O–H groups in total. The summed E-state index contributed by atoms with van der Waals surface area (Å²) in [6.45, 7) is 12.5. The molecule has 0 aliphatic heterocycles. The summed E-state index contributed by atoms with van der Waals surface area (Å²) >= 11 is 0. The standard InChI is InChI=1S/C16H22.C2H4/c1-4-7-14(2)8-5-6-9-16-12-10-15(3)11-13-16;1-2/h5,7-8,10-13H,4,6,9H2,1-3H3;1-2H2/b8-5-,14-7-;. The van der Waals surface area contributed by atoms with Gasteiger partial charge in [-0.1, -0.05) is 60.6 Å². The maximum Gasteiger partial charge on any atom is -0.0244 e. The van der Waals surface area contributed by atoms with E-state index < -0.39 is 0 Å². The van der Waals surface area contributed by atoms with Crippen LogP contribution in [-0.2, 0) is 6.42 Å². The Hall–Kier alpha value is -1.56. The quantitative estimate of drug-likeness (QED) is 0.463. The van der Waals surface area contributed by atoms with E-state index in [-0.39, 0.29) is 0 Å². The van der Waals surface area contributed by atoms with Gasteiger partial charge in [0.15, 0.2) is 0 Å². The zero-order valence-corrected chi connectivity index (χ0v) is 12.1. The molecule has 98 valence electrons. The Morgan fingerprint density at radius 2 is 1.78 bits per heavy atom. The van der Waals surface area contributed by atoms with Crippen molar-refractivity contribution in [2.45, 2.75) is 40.0 Å². The van der Waals surface area contributed by atoms with Crippen LogP contribution in [0.1, 0.15) is 37.8 Å². The van der Waals surface area contributed by atoms with Crippen molar-refractivity contribution in [3.63, 3.8) is 0 Å². The largest absolute Gasteiger partial charge is 0.106 e. The molecule has 0 spiro atoms. The van der Waals surface area contributed by atoms with Crippen molar-refractivity contribution in [3.8, 4) is 0 Å². The van der Waals surface area contributed by atoms with Gasteiger partial charge in [-0.2, -0.15) is 0 Å². The lowest BCUT2D eigenvalue weighted by Crippen LogP contribution is -1.83. The fourth-order valence-corrected chi connectivity index (χ4v) is 1.66. The van der Waals surface area contributed by atoms with Crippen LogP contribution in [0.25, 0.3) is 0 Å². The van der Waals surface area contributed by atoms with Crippen LogP contribution in [0.4, 0.5) is 0 Å². The molecule has 0 saturated heterocycles. The average molecular weight is 242 g/mol. The second kappa shape index (κ2) is 10.6. The van der Waals surface area contributed by atoms with Crippen molar-refractivity contribution in [1.82, 2.24) is 0 Å². The fraction of sp³-hybridized carbons (Fsp3) is 0.333. The van der Waals surface area contributed by atoms with E-state index in [9.17, 15) is 0 Å². The van der Waals surface area contributed by atoms with Crippen LogP contribution in [0, 0.1) is 6.92 Å². The van der Waals surface area contributed by atoms with E-state index in [0.29, 0.717) is 0 Å². The molecule has 0 bridgehead atoms. The zero-order valence-electron chi connectivity index (χ0n) is 12.1. The first-order valence-electron chi connectivity index (χ1n) is 6.61. The van der Waals surface area contributed by atoms with E-state index in [4.69, 9.17) is 0 Å². The van der Waals surface area contributed by atoms with Crippen LogP contribution in [0.15, 0.2) is 61.2 Å². The molecule has 18 heavy (non-hydrogen) atoms. The molecule has 1 aromatic rings. The summed E-state index contributed by atoms with van der Waals surface area (Å²) in [7, 11) is 0. The molecule has 0 amide bonds. The number of aryl methyl sites for hydroxylation is 2. The summed E-state index contributed by atoms with van der Waals surface area (Å²) in [5, 5.41) is 0. The summed E-state index contributed by atoms with van der Waals surface area (Å²) in [5.41, 5.74) is 4.12. The lowest BCUT2D eigenvalue weighted by molar-refractivity contribution is 0.998. The Labute approximate surface area is 113 Å². The first kappa shape index (κ1) is 16.4. The highest BCUT2D eigenvalue weighted by Gasteiger charge is 1.90. The van der Waals surface area contributed by atoms with Crippen LogP contribution in [0.5, 0.6) is 0 Å². The second-order valence-corrected chi connectivity index (χ2v) is 4.28. The van der Waals surface area contributed by atoms with Crippen LogP contribution in [0.3, 0.4) is 0 Å². The van der Waals surface area contributed by atoms with Crippen LogP contribution >= 0.6 is 0 Å². The normalized spacial score (nSPS) is 11.2. The minimum atomic E-state index is 1.12. The Bertz CT molecular complexity index is 366. The first-order valence-corrected chi connectivity index (χ1v) is 6.61. The van der Waals surface area contributed by atoms with E-state index in [1.54, 1.807) is 0 Å². The van der Waals surface area contributed by atoms with Crippen LogP contribution in [-0.4, -0.2) is 0 Å². The molecule has 1 rings (SSSR count). The lowest BCUT2D eigenvalue weighted by Gasteiger charge is -1.99. The molecule has 0 nitrogen and oxygen atoms in total. The van der Waals surface area contributed by atoms with Gasteiger partial charge in [0.25, 0.3) is 0 Å². The van der Waals surface area contributed by atoms with Gasteiger partial charge in [-0.25, -0.2) is 0 Å². The summed E-state index contributed by atoms with van der Waals surface area (Å²) < 4.78 is 0. The molecule has 0 heterocycles. The monoisotopic (exact) mass is 242 g/mol. The molecule has 0 aliphatic carbocycles. The number of hydrogen-bond donors (Lipinski definition) is 0. The topological polar surface area (TPSA) is 0 Å². The van der Waals surface area contributed by atoms with Gasteiger partial charge in [-0.05, 0) is 38.7 Å². The summed E-state index contributed by atoms with van der Waals surface area (Å²) in [5.74, 6) is 0. The SMILES string of the molecule is C=C.CC/C=C(C)\C=C/CCc1ccc(C)cc1. The maximum absolute atomic E-state index is 3.00. The molecule has 0 radical (unpaired) electrons. The van der Waals surface area contributed by atoms with Crippen molar-refractivity contribution < 1.29 is 0 Å². The van der Waals surface area contributed by atoms with E-state index in [1.165, 1.54) is 16.7 Å². The number of allylic oxidation sites excluding steroid dienone is 4. The van der Waals surface area contributed by atoms with E-state index in [0.717, 1.165) is 19.3 Å². The third kappa shape index (κ3) is 7.67. The number of benzene rings is 1. The van der Waals surface area contributed by atoms with E-state index >= 15 is 0 Å². The predicted octanol–water partition coefficient (Wildman–Crippen LogP) is 5.64. The van der Waals surface area contributed by atoms with Crippen molar-refractivity contribution in [2.24, 2.45) is 0 Å². The summed E-state index contributed by atoms with van der Waals surface area (Å²) in [6, 6.07) is 8.80. The fourth-order valence-electron chi connectivity index (χ4n) is 1.66. The Morgan fingerprint density at radius 1 is 1.17 bits per heavy atom. The number of rotatable bonds is 5. The van der Waals surface area contributed by atoms with Crippen LogP contribution < -0.4 is 0 Å².